The van der Waals surface area contributed by atoms with E-state index in [9.17, 15) is 13.2 Å². The summed E-state index contributed by atoms with van der Waals surface area (Å²) in [5, 5.41) is 3.68. The third kappa shape index (κ3) is 6.78. The molecule has 1 amide bonds. The number of carbonyl (C=O) groups is 1. The highest BCUT2D eigenvalue weighted by Crippen LogP contribution is 2.34. The summed E-state index contributed by atoms with van der Waals surface area (Å²) < 4.78 is 42.2. The van der Waals surface area contributed by atoms with Crippen LogP contribution in [0.3, 0.4) is 0 Å². The molecule has 2 aromatic rings. The van der Waals surface area contributed by atoms with Crippen LogP contribution in [-0.4, -0.2) is 42.2 Å². The average Bonchev–Trinajstić information content (AvgIpc) is 2.75. The lowest BCUT2D eigenvalue weighted by atomic mass is 10.1. The quantitative estimate of drug-likeness (QED) is 0.594. The van der Waals surface area contributed by atoms with E-state index < -0.39 is 22.5 Å². The van der Waals surface area contributed by atoms with Gasteiger partial charge in [0.05, 0.1) is 27.9 Å². The van der Waals surface area contributed by atoms with Gasteiger partial charge in [0.1, 0.15) is 5.75 Å². The Kier molecular flexibility index (Phi) is 8.25. The minimum Gasteiger partial charge on any atom is -0.496 e. The van der Waals surface area contributed by atoms with E-state index in [1.165, 1.54) is 27.4 Å². The zero-order valence-electron chi connectivity index (χ0n) is 17.4. The molecule has 0 fully saturated rings. The van der Waals surface area contributed by atoms with E-state index in [4.69, 9.17) is 14.2 Å². The molecule has 0 unspecified atom stereocenters. The standard InChI is InChI=1S/C21H26N2O6S/c1-15-5-7-16(8-6-15)9-10-30(25,26)23-14-21(24)22-13-17-11-19(28-3)20(29-4)12-18(17)27-2/h5-12,23H,13-14H2,1-4H3,(H,22,24)/b10-9+. The molecule has 0 heterocycles. The second kappa shape index (κ2) is 10.7. The molecule has 9 heteroatoms. The van der Waals surface area contributed by atoms with E-state index in [1.54, 1.807) is 12.1 Å². The first-order valence-corrected chi connectivity index (χ1v) is 10.6. The van der Waals surface area contributed by atoms with Crippen LogP contribution in [0.15, 0.2) is 41.8 Å². The number of sulfonamides is 1. The highest BCUT2D eigenvalue weighted by atomic mass is 32.2. The topological polar surface area (TPSA) is 103 Å². The summed E-state index contributed by atoms with van der Waals surface area (Å²) in [6.07, 6.45) is 1.47. The average molecular weight is 435 g/mol. The molecule has 2 N–H and O–H groups in total. The third-order valence-corrected chi connectivity index (χ3v) is 5.25. The van der Waals surface area contributed by atoms with Gasteiger partial charge >= 0.3 is 0 Å². The van der Waals surface area contributed by atoms with Crippen molar-refractivity contribution in [1.82, 2.24) is 10.0 Å². The molecule has 2 rings (SSSR count). The highest BCUT2D eigenvalue weighted by Gasteiger charge is 2.14. The lowest BCUT2D eigenvalue weighted by Crippen LogP contribution is -2.35. The number of aryl methyl sites for hydroxylation is 1. The Bertz CT molecular complexity index is 1000. The number of hydrogen-bond acceptors (Lipinski definition) is 6. The van der Waals surface area contributed by atoms with Crippen LogP contribution in [0.2, 0.25) is 0 Å². The summed E-state index contributed by atoms with van der Waals surface area (Å²) in [5.74, 6) is 1.01. The molecule has 0 bridgehead atoms. The van der Waals surface area contributed by atoms with E-state index in [1.807, 2.05) is 31.2 Å². The monoisotopic (exact) mass is 434 g/mol. The van der Waals surface area contributed by atoms with Gasteiger partial charge in [-0.15, -0.1) is 0 Å². The summed E-state index contributed by atoms with van der Waals surface area (Å²) in [6.45, 7) is 1.68. The number of amides is 1. The molecule has 0 spiro atoms. The fourth-order valence-electron chi connectivity index (χ4n) is 2.55. The van der Waals surface area contributed by atoms with Crippen LogP contribution in [0.1, 0.15) is 16.7 Å². The van der Waals surface area contributed by atoms with Gasteiger partial charge in [-0.3, -0.25) is 4.79 Å². The van der Waals surface area contributed by atoms with Gasteiger partial charge < -0.3 is 19.5 Å². The molecule has 0 saturated heterocycles. The van der Waals surface area contributed by atoms with E-state index in [0.717, 1.165) is 16.5 Å². The van der Waals surface area contributed by atoms with Gasteiger partial charge in [-0.05, 0) is 24.6 Å². The molecular formula is C21H26N2O6S. The van der Waals surface area contributed by atoms with Crippen LogP contribution in [0, 0.1) is 6.92 Å². The van der Waals surface area contributed by atoms with Crippen molar-refractivity contribution in [3.05, 3.63) is 58.5 Å². The largest absolute Gasteiger partial charge is 0.496 e. The molecule has 0 aliphatic carbocycles. The van der Waals surface area contributed by atoms with E-state index >= 15 is 0 Å². The van der Waals surface area contributed by atoms with Crippen LogP contribution >= 0.6 is 0 Å². The maximum Gasteiger partial charge on any atom is 0.235 e. The Morgan fingerprint density at radius 1 is 0.967 bits per heavy atom. The molecule has 8 nitrogen and oxygen atoms in total. The fourth-order valence-corrected chi connectivity index (χ4v) is 3.31. The summed E-state index contributed by atoms with van der Waals surface area (Å²) >= 11 is 0. The van der Waals surface area contributed by atoms with Gasteiger partial charge in [0, 0.05) is 23.6 Å². The first kappa shape index (κ1) is 23.2. The molecule has 0 saturated carbocycles. The maximum absolute atomic E-state index is 12.1. The second-order valence-electron chi connectivity index (χ2n) is 6.38. The van der Waals surface area contributed by atoms with Gasteiger partial charge in [-0.1, -0.05) is 29.8 Å². The maximum atomic E-state index is 12.1. The number of carbonyl (C=O) groups excluding carboxylic acids is 1. The predicted molar refractivity (Wildman–Crippen MR) is 115 cm³/mol. The predicted octanol–water partition coefficient (Wildman–Crippen LogP) is 2.23. The van der Waals surface area contributed by atoms with Crippen LogP contribution in [0.4, 0.5) is 0 Å². The summed E-state index contributed by atoms with van der Waals surface area (Å²) in [5.41, 5.74) is 2.48. The smallest absolute Gasteiger partial charge is 0.235 e. The molecule has 0 aromatic heterocycles. The Morgan fingerprint density at radius 3 is 2.17 bits per heavy atom. The van der Waals surface area contributed by atoms with E-state index in [-0.39, 0.29) is 6.54 Å². The first-order chi connectivity index (χ1) is 14.3. The molecular weight excluding hydrogens is 408 g/mol. The normalized spacial score (nSPS) is 11.3. The summed E-state index contributed by atoms with van der Waals surface area (Å²) in [7, 11) is 0.766. The molecule has 2 aromatic carbocycles. The molecule has 0 aliphatic rings. The minimum atomic E-state index is -3.75. The Balaban J connectivity index is 1.93. The van der Waals surface area contributed by atoms with Gasteiger partial charge in [0.2, 0.25) is 15.9 Å². The van der Waals surface area contributed by atoms with Gasteiger partial charge in [0.15, 0.2) is 11.5 Å². The minimum absolute atomic E-state index is 0.128. The lowest BCUT2D eigenvalue weighted by molar-refractivity contribution is -0.120. The van der Waals surface area contributed by atoms with Gasteiger partial charge in [-0.2, -0.15) is 0 Å². The number of benzene rings is 2. The van der Waals surface area contributed by atoms with Crippen molar-refractivity contribution in [2.24, 2.45) is 0 Å². The Hall–Kier alpha value is -3.04. The van der Waals surface area contributed by atoms with E-state index in [0.29, 0.717) is 22.8 Å². The van der Waals surface area contributed by atoms with Crippen LogP contribution in [0.5, 0.6) is 17.2 Å². The van der Waals surface area contributed by atoms with Crippen molar-refractivity contribution in [2.75, 3.05) is 27.9 Å². The lowest BCUT2D eigenvalue weighted by Gasteiger charge is -2.14. The summed E-state index contributed by atoms with van der Waals surface area (Å²) in [6, 6.07) is 10.7. The van der Waals surface area contributed by atoms with Crippen LogP contribution in [-0.2, 0) is 21.4 Å². The van der Waals surface area contributed by atoms with Crippen molar-refractivity contribution >= 4 is 22.0 Å². The number of rotatable bonds is 10. The van der Waals surface area contributed by atoms with Crippen molar-refractivity contribution < 1.29 is 27.4 Å². The van der Waals surface area contributed by atoms with Crippen LogP contribution in [0.25, 0.3) is 6.08 Å². The van der Waals surface area contributed by atoms with Crippen molar-refractivity contribution in [2.45, 2.75) is 13.5 Å². The van der Waals surface area contributed by atoms with Crippen molar-refractivity contribution in [1.29, 1.82) is 0 Å². The highest BCUT2D eigenvalue weighted by molar-refractivity contribution is 7.92. The molecule has 0 radical (unpaired) electrons. The Labute approximate surface area is 176 Å². The first-order valence-electron chi connectivity index (χ1n) is 9.08. The number of hydrogen-bond donors (Lipinski definition) is 2. The van der Waals surface area contributed by atoms with Crippen molar-refractivity contribution in [3.8, 4) is 17.2 Å². The Morgan fingerprint density at radius 2 is 1.57 bits per heavy atom. The van der Waals surface area contributed by atoms with Crippen molar-refractivity contribution in [3.63, 3.8) is 0 Å². The molecule has 0 atom stereocenters. The SMILES string of the molecule is COc1cc(OC)c(OC)cc1CNC(=O)CNS(=O)(=O)/C=C/c1ccc(C)cc1. The molecule has 162 valence electrons. The molecule has 30 heavy (non-hydrogen) atoms. The van der Waals surface area contributed by atoms with Gasteiger partial charge in [-0.25, -0.2) is 13.1 Å². The second-order valence-corrected chi connectivity index (χ2v) is 8.03. The zero-order valence-corrected chi connectivity index (χ0v) is 18.2. The van der Waals surface area contributed by atoms with Gasteiger partial charge in [0.25, 0.3) is 0 Å². The number of nitrogens with one attached hydrogen (secondary N) is 2. The number of ether oxygens (including phenoxy) is 3. The number of methoxy groups -OCH3 is 3. The third-order valence-electron chi connectivity index (χ3n) is 4.21. The fraction of sp³-hybridized carbons (Fsp3) is 0.286. The molecule has 0 aliphatic heterocycles. The van der Waals surface area contributed by atoms with E-state index in [2.05, 4.69) is 10.0 Å². The van der Waals surface area contributed by atoms with Crippen LogP contribution < -0.4 is 24.2 Å². The summed E-state index contributed by atoms with van der Waals surface area (Å²) in [4.78, 5) is 12.1. The zero-order chi connectivity index (χ0) is 22.1.